The Hall–Kier alpha value is -1.88. The molecular formula is C13H16N2O3. The van der Waals surface area contributed by atoms with E-state index in [9.17, 15) is 4.79 Å². The van der Waals surface area contributed by atoms with Gasteiger partial charge in [-0.25, -0.2) is 9.78 Å². The second-order valence-corrected chi connectivity index (χ2v) is 4.49. The Morgan fingerprint density at radius 2 is 2.28 bits per heavy atom. The molecule has 0 spiro atoms. The summed E-state index contributed by atoms with van der Waals surface area (Å²) < 4.78 is 6.91. The average Bonchev–Trinajstić information content (AvgIpc) is 2.73. The number of rotatable bonds is 4. The van der Waals surface area contributed by atoms with Gasteiger partial charge in [0.05, 0.1) is 12.3 Å². The largest absolute Gasteiger partial charge is 0.478 e. The molecule has 0 aliphatic carbocycles. The second-order valence-electron chi connectivity index (χ2n) is 4.49. The quantitative estimate of drug-likeness (QED) is 0.901. The van der Waals surface area contributed by atoms with E-state index < -0.39 is 5.97 Å². The molecule has 0 atom stereocenters. The lowest BCUT2D eigenvalue weighted by Crippen LogP contribution is -2.06. The minimum atomic E-state index is -0.964. The van der Waals surface area contributed by atoms with Crippen molar-refractivity contribution in [1.29, 1.82) is 0 Å². The summed E-state index contributed by atoms with van der Waals surface area (Å²) >= 11 is 0. The average molecular weight is 248 g/mol. The van der Waals surface area contributed by atoms with Crippen LogP contribution in [0.5, 0.6) is 0 Å². The fourth-order valence-electron chi connectivity index (χ4n) is 1.89. The molecule has 0 radical (unpaired) electrons. The van der Waals surface area contributed by atoms with E-state index in [0.29, 0.717) is 12.3 Å². The summed E-state index contributed by atoms with van der Waals surface area (Å²) in [5.74, 6) is -0.726. The molecule has 0 fully saturated rings. The molecule has 0 aliphatic rings. The Morgan fingerprint density at radius 1 is 1.56 bits per heavy atom. The minimum Gasteiger partial charge on any atom is -0.478 e. The highest BCUT2D eigenvalue weighted by molar-refractivity contribution is 5.94. The number of carboxylic acid groups (broad SMARTS) is 1. The monoisotopic (exact) mass is 248 g/mol. The van der Waals surface area contributed by atoms with Crippen LogP contribution in [0.3, 0.4) is 0 Å². The maximum absolute atomic E-state index is 11.1. The van der Waals surface area contributed by atoms with E-state index in [4.69, 9.17) is 9.84 Å². The lowest BCUT2D eigenvalue weighted by molar-refractivity contribution is 0.0699. The third-order valence-corrected chi connectivity index (χ3v) is 2.83. The molecule has 18 heavy (non-hydrogen) atoms. The normalized spacial score (nSPS) is 11.3. The van der Waals surface area contributed by atoms with Crippen LogP contribution in [0.15, 0.2) is 18.3 Å². The van der Waals surface area contributed by atoms with Gasteiger partial charge in [0.2, 0.25) is 0 Å². The zero-order valence-corrected chi connectivity index (χ0v) is 10.7. The van der Waals surface area contributed by atoms with Crippen molar-refractivity contribution < 1.29 is 14.6 Å². The van der Waals surface area contributed by atoms with E-state index in [1.807, 2.05) is 19.9 Å². The summed E-state index contributed by atoms with van der Waals surface area (Å²) in [6, 6.07) is 3.51. The highest BCUT2D eigenvalue weighted by Gasteiger charge is 2.15. The third kappa shape index (κ3) is 2.09. The molecule has 5 nitrogen and oxygen atoms in total. The van der Waals surface area contributed by atoms with Gasteiger partial charge in [-0.05, 0) is 18.1 Å². The molecule has 2 aromatic rings. The highest BCUT2D eigenvalue weighted by Crippen LogP contribution is 2.19. The molecule has 0 unspecified atom stereocenters. The third-order valence-electron chi connectivity index (χ3n) is 2.83. The van der Waals surface area contributed by atoms with Crippen molar-refractivity contribution in [2.24, 2.45) is 0 Å². The van der Waals surface area contributed by atoms with E-state index in [0.717, 1.165) is 11.4 Å². The summed E-state index contributed by atoms with van der Waals surface area (Å²) in [6.07, 6.45) is 1.71. The van der Waals surface area contributed by atoms with Crippen molar-refractivity contribution in [2.75, 3.05) is 7.11 Å². The van der Waals surface area contributed by atoms with Gasteiger partial charge in [-0.3, -0.25) is 0 Å². The van der Waals surface area contributed by atoms with Crippen LogP contribution >= 0.6 is 0 Å². The molecule has 0 amide bonds. The number of ether oxygens (including phenoxy) is 1. The topological polar surface area (TPSA) is 63.8 Å². The SMILES string of the molecule is COCc1cc(C(C)C)nc2c(C(=O)O)ccn12. The van der Waals surface area contributed by atoms with Crippen molar-refractivity contribution >= 4 is 11.6 Å². The van der Waals surface area contributed by atoms with Gasteiger partial charge in [-0.15, -0.1) is 0 Å². The molecule has 0 aliphatic heterocycles. The van der Waals surface area contributed by atoms with Gasteiger partial charge in [-0.1, -0.05) is 13.8 Å². The predicted molar refractivity (Wildman–Crippen MR) is 67.0 cm³/mol. The van der Waals surface area contributed by atoms with Crippen molar-refractivity contribution in [1.82, 2.24) is 9.38 Å². The van der Waals surface area contributed by atoms with Gasteiger partial charge in [0.15, 0.2) is 5.65 Å². The molecule has 0 saturated heterocycles. The first-order chi connectivity index (χ1) is 8.54. The molecule has 2 heterocycles. The lowest BCUT2D eigenvalue weighted by atomic mass is 10.1. The Kier molecular flexibility index (Phi) is 3.34. The van der Waals surface area contributed by atoms with Gasteiger partial charge in [-0.2, -0.15) is 0 Å². The summed E-state index contributed by atoms with van der Waals surface area (Å²) in [4.78, 5) is 15.6. The summed E-state index contributed by atoms with van der Waals surface area (Å²) in [5, 5.41) is 9.14. The number of hydrogen-bond donors (Lipinski definition) is 1. The molecule has 0 bridgehead atoms. The van der Waals surface area contributed by atoms with E-state index in [-0.39, 0.29) is 11.5 Å². The van der Waals surface area contributed by atoms with Gasteiger partial charge in [0, 0.05) is 19.0 Å². The van der Waals surface area contributed by atoms with Crippen LogP contribution in [-0.4, -0.2) is 27.6 Å². The van der Waals surface area contributed by atoms with Crippen molar-refractivity contribution in [2.45, 2.75) is 26.4 Å². The van der Waals surface area contributed by atoms with Crippen LogP contribution < -0.4 is 0 Å². The lowest BCUT2D eigenvalue weighted by Gasteiger charge is -2.10. The first-order valence-corrected chi connectivity index (χ1v) is 5.77. The van der Waals surface area contributed by atoms with Crippen molar-refractivity contribution in [3.8, 4) is 0 Å². The molecular weight excluding hydrogens is 232 g/mol. The van der Waals surface area contributed by atoms with Gasteiger partial charge in [0.1, 0.15) is 5.56 Å². The number of fused-ring (bicyclic) bond motifs is 1. The van der Waals surface area contributed by atoms with E-state index in [1.165, 1.54) is 0 Å². The minimum absolute atomic E-state index is 0.217. The number of carboxylic acids is 1. The maximum atomic E-state index is 11.1. The Bertz CT molecular complexity index is 587. The smallest absolute Gasteiger partial charge is 0.339 e. The van der Waals surface area contributed by atoms with Crippen LogP contribution in [-0.2, 0) is 11.3 Å². The fraction of sp³-hybridized carbons (Fsp3) is 0.385. The number of carbonyl (C=O) groups is 1. The van der Waals surface area contributed by atoms with Crippen molar-refractivity contribution in [3.05, 3.63) is 35.3 Å². The fourth-order valence-corrected chi connectivity index (χ4v) is 1.89. The molecule has 0 saturated carbocycles. The maximum Gasteiger partial charge on any atom is 0.339 e. The van der Waals surface area contributed by atoms with Gasteiger partial charge >= 0.3 is 5.97 Å². The van der Waals surface area contributed by atoms with Crippen molar-refractivity contribution in [3.63, 3.8) is 0 Å². The van der Waals surface area contributed by atoms with E-state index in [2.05, 4.69) is 4.98 Å². The van der Waals surface area contributed by atoms with E-state index in [1.54, 1.807) is 23.8 Å². The number of aromatic nitrogens is 2. The molecule has 2 aromatic heterocycles. The molecule has 0 aromatic carbocycles. The number of methoxy groups -OCH3 is 1. The number of hydrogen-bond acceptors (Lipinski definition) is 3. The van der Waals surface area contributed by atoms with Crippen LogP contribution in [0.4, 0.5) is 0 Å². The first-order valence-electron chi connectivity index (χ1n) is 5.77. The van der Waals surface area contributed by atoms with Crippen LogP contribution in [0, 0.1) is 0 Å². The zero-order chi connectivity index (χ0) is 13.3. The number of aromatic carboxylic acids is 1. The van der Waals surface area contributed by atoms with Crippen LogP contribution in [0.1, 0.15) is 41.5 Å². The van der Waals surface area contributed by atoms with Crippen LogP contribution in [0.2, 0.25) is 0 Å². The standard InChI is InChI=1S/C13H16N2O3/c1-8(2)11-6-9(7-18-3)15-5-4-10(13(16)17)12(15)14-11/h4-6,8H,7H2,1-3H3,(H,16,17). The Labute approximate surface area is 105 Å². The number of nitrogens with zero attached hydrogens (tertiary/aromatic N) is 2. The van der Waals surface area contributed by atoms with Crippen LogP contribution in [0.25, 0.3) is 5.65 Å². The van der Waals surface area contributed by atoms with Gasteiger partial charge < -0.3 is 14.2 Å². The van der Waals surface area contributed by atoms with E-state index >= 15 is 0 Å². The first kappa shape index (κ1) is 12.6. The Morgan fingerprint density at radius 3 is 2.83 bits per heavy atom. The molecule has 5 heteroatoms. The molecule has 1 N–H and O–H groups in total. The highest BCUT2D eigenvalue weighted by atomic mass is 16.5. The molecule has 2 rings (SSSR count). The summed E-state index contributed by atoms with van der Waals surface area (Å²) in [7, 11) is 1.61. The summed E-state index contributed by atoms with van der Waals surface area (Å²) in [6.45, 7) is 4.48. The Balaban J connectivity index is 2.71. The summed E-state index contributed by atoms with van der Waals surface area (Å²) in [5.41, 5.74) is 2.46. The molecule has 96 valence electrons. The zero-order valence-electron chi connectivity index (χ0n) is 10.7. The van der Waals surface area contributed by atoms with Gasteiger partial charge in [0.25, 0.3) is 0 Å². The second kappa shape index (κ2) is 4.78. The predicted octanol–water partition coefficient (Wildman–Crippen LogP) is 2.30.